The standard InChI is InChI=1S/C22H24N4O/c23-22-14-8-12-18(24-22)19-15-16-20(26-25-19)21(27)13-7-2-1-4-9-17-10-5-3-6-11-17/h3,5-6,8,10-12,14-16H,1-2,4,7,9,13H2,(H2,23,24). The van der Waals surface area contributed by atoms with E-state index >= 15 is 0 Å². The number of ketones is 1. The Morgan fingerprint density at radius 3 is 2.33 bits per heavy atom. The van der Waals surface area contributed by atoms with Gasteiger partial charge < -0.3 is 5.73 Å². The van der Waals surface area contributed by atoms with Gasteiger partial charge in [0.05, 0.1) is 5.69 Å². The number of benzene rings is 1. The molecule has 1 aromatic carbocycles. The van der Waals surface area contributed by atoms with Gasteiger partial charge in [-0.2, -0.15) is 0 Å². The van der Waals surface area contributed by atoms with E-state index in [4.69, 9.17) is 5.73 Å². The van der Waals surface area contributed by atoms with Crippen molar-refractivity contribution in [1.29, 1.82) is 0 Å². The van der Waals surface area contributed by atoms with Crippen LogP contribution in [0.3, 0.4) is 0 Å². The van der Waals surface area contributed by atoms with Crippen molar-refractivity contribution in [1.82, 2.24) is 15.2 Å². The highest BCUT2D eigenvalue weighted by molar-refractivity contribution is 5.94. The molecule has 0 atom stereocenters. The van der Waals surface area contributed by atoms with Crippen LogP contribution in [0.25, 0.3) is 11.4 Å². The van der Waals surface area contributed by atoms with Crippen LogP contribution >= 0.6 is 0 Å². The van der Waals surface area contributed by atoms with Crippen molar-refractivity contribution in [2.24, 2.45) is 0 Å². The lowest BCUT2D eigenvalue weighted by Crippen LogP contribution is -2.04. The number of hydrogen-bond acceptors (Lipinski definition) is 5. The first-order valence-electron chi connectivity index (χ1n) is 9.36. The number of unbranched alkanes of at least 4 members (excludes halogenated alkanes) is 3. The van der Waals surface area contributed by atoms with E-state index in [9.17, 15) is 4.79 Å². The number of aryl methyl sites for hydroxylation is 1. The highest BCUT2D eigenvalue weighted by Gasteiger charge is 2.09. The summed E-state index contributed by atoms with van der Waals surface area (Å²) in [6, 6.07) is 19.3. The third-order valence-electron chi connectivity index (χ3n) is 4.45. The Kier molecular flexibility index (Phi) is 6.63. The number of carbonyl (C=O) groups excluding carboxylic acids is 1. The average Bonchev–Trinajstić information content (AvgIpc) is 2.71. The average molecular weight is 360 g/mol. The fourth-order valence-corrected chi connectivity index (χ4v) is 2.95. The molecular formula is C22H24N4O. The summed E-state index contributed by atoms with van der Waals surface area (Å²) < 4.78 is 0. The lowest BCUT2D eigenvalue weighted by atomic mass is 10.0. The molecule has 27 heavy (non-hydrogen) atoms. The van der Waals surface area contributed by atoms with E-state index in [2.05, 4.69) is 39.4 Å². The molecule has 0 aliphatic rings. The first-order chi connectivity index (χ1) is 13.2. The number of nitrogens with zero attached hydrogens (tertiary/aromatic N) is 3. The molecule has 0 spiro atoms. The zero-order chi connectivity index (χ0) is 18.9. The number of rotatable bonds is 9. The Labute approximate surface area is 159 Å². The Balaban J connectivity index is 1.40. The molecule has 2 heterocycles. The number of Topliss-reactive ketones (excluding diaryl/α,β-unsaturated/α-hetero) is 1. The molecule has 3 rings (SSSR count). The number of aromatic nitrogens is 3. The van der Waals surface area contributed by atoms with Crippen LogP contribution in [-0.4, -0.2) is 21.0 Å². The SMILES string of the molecule is Nc1cccc(-c2ccc(C(=O)CCCCCCc3ccccc3)nn2)n1. The van der Waals surface area contributed by atoms with Crippen LogP contribution in [0.2, 0.25) is 0 Å². The predicted octanol–water partition coefficient (Wildman–Crippen LogP) is 4.50. The summed E-state index contributed by atoms with van der Waals surface area (Å²) in [6.45, 7) is 0. The molecule has 5 nitrogen and oxygen atoms in total. The Morgan fingerprint density at radius 2 is 1.59 bits per heavy atom. The van der Waals surface area contributed by atoms with Crippen LogP contribution in [0.15, 0.2) is 60.7 Å². The summed E-state index contributed by atoms with van der Waals surface area (Å²) in [5, 5.41) is 8.17. The van der Waals surface area contributed by atoms with Crippen molar-refractivity contribution in [2.75, 3.05) is 5.73 Å². The topological polar surface area (TPSA) is 81.8 Å². The van der Waals surface area contributed by atoms with Crippen LogP contribution in [0.1, 0.15) is 48.2 Å². The van der Waals surface area contributed by atoms with Gasteiger partial charge in [-0.1, -0.05) is 49.2 Å². The van der Waals surface area contributed by atoms with Gasteiger partial charge in [-0.25, -0.2) is 4.98 Å². The van der Waals surface area contributed by atoms with Gasteiger partial charge in [-0.05, 0) is 49.1 Å². The number of nitrogen functional groups attached to an aromatic ring is 1. The molecule has 3 aromatic rings. The van der Waals surface area contributed by atoms with Crippen molar-refractivity contribution in [3.8, 4) is 11.4 Å². The van der Waals surface area contributed by atoms with Crippen molar-refractivity contribution in [3.05, 3.63) is 71.9 Å². The maximum Gasteiger partial charge on any atom is 0.183 e. The molecule has 138 valence electrons. The van der Waals surface area contributed by atoms with E-state index in [1.807, 2.05) is 18.2 Å². The third-order valence-corrected chi connectivity index (χ3v) is 4.45. The minimum Gasteiger partial charge on any atom is -0.384 e. The maximum atomic E-state index is 12.3. The van der Waals surface area contributed by atoms with Gasteiger partial charge in [-0.15, -0.1) is 10.2 Å². The Morgan fingerprint density at radius 1 is 0.778 bits per heavy atom. The van der Waals surface area contributed by atoms with Gasteiger partial charge in [0.15, 0.2) is 5.78 Å². The molecule has 0 fully saturated rings. The number of anilines is 1. The normalized spacial score (nSPS) is 10.7. The van der Waals surface area contributed by atoms with Crippen molar-refractivity contribution in [2.45, 2.75) is 38.5 Å². The lowest BCUT2D eigenvalue weighted by Gasteiger charge is -2.03. The minimum atomic E-state index is 0.0395. The molecule has 0 radical (unpaired) electrons. The van der Waals surface area contributed by atoms with Gasteiger partial charge in [0, 0.05) is 6.42 Å². The molecule has 0 aliphatic heterocycles. The van der Waals surface area contributed by atoms with Crippen molar-refractivity contribution >= 4 is 11.6 Å². The fraction of sp³-hybridized carbons (Fsp3) is 0.273. The summed E-state index contributed by atoms with van der Waals surface area (Å²) in [5.74, 6) is 0.472. The summed E-state index contributed by atoms with van der Waals surface area (Å²) in [6.07, 6.45) is 5.83. The quantitative estimate of drug-likeness (QED) is 0.449. The van der Waals surface area contributed by atoms with E-state index in [1.54, 1.807) is 18.2 Å². The number of carbonyl (C=O) groups is 1. The molecule has 0 unspecified atom stereocenters. The first kappa shape index (κ1) is 18.7. The zero-order valence-electron chi connectivity index (χ0n) is 15.3. The number of nitrogens with two attached hydrogens (primary N) is 1. The van der Waals surface area contributed by atoms with E-state index in [0.717, 1.165) is 32.1 Å². The number of hydrogen-bond donors (Lipinski definition) is 1. The highest BCUT2D eigenvalue weighted by atomic mass is 16.1. The summed E-state index contributed by atoms with van der Waals surface area (Å²) in [4.78, 5) is 16.5. The summed E-state index contributed by atoms with van der Waals surface area (Å²) in [7, 11) is 0. The van der Waals surface area contributed by atoms with Gasteiger partial charge in [0.25, 0.3) is 0 Å². The molecule has 0 bridgehead atoms. The Hall–Kier alpha value is -3.08. The Bertz CT molecular complexity index is 863. The maximum absolute atomic E-state index is 12.3. The molecule has 2 N–H and O–H groups in total. The zero-order valence-corrected chi connectivity index (χ0v) is 15.3. The highest BCUT2D eigenvalue weighted by Crippen LogP contribution is 2.16. The smallest absolute Gasteiger partial charge is 0.183 e. The first-order valence-corrected chi connectivity index (χ1v) is 9.36. The lowest BCUT2D eigenvalue weighted by molar-refractivity contribution is 0.0973. The second-order valence-electron chi connectivity index (χ2n) is 6.57. The second kappa shape index (κ2) is 9.57. The second-order valence-corrected chi connectivity index (χ2v) is 6.57. The fourth-order valence-electron chi connectivity index (χ4n) is 2.95. The van der Waals surface area contributed by atoms with Gasteiger partial charge in [0.2, 0.25) is 0 Å². The van der Waals surface area contributed by atoms with E-state index in [0.29, 0.717) is 29.3 Å². The summed E-state index contributed by atoms with van der Waals surface area (Å²) in [5.41, 5.74) is 8.73. The molecule has 0 saturated heterocycles. The van der Waals surface area contributed by atoms with Crippen LogP contribution < -0.4 is 5.73 Å². The van der Waals surface area contributed by atoms with Gasteiger partial charge in [-0.3, -0.25) is 4.79 Å². The van der Waals surface area contributed by atoms with Crippen LogP contribution in [0.4, 0.5) is 5.82 Å². The van der Waals surface area contributed by atoms with Crippen molar-refractivity contribution in [3.63, 3.8) is 0 Å². The van der Waals surface area contributed by atoms with Crippen LogP contribution in [0, 0.1) is 0 Å². The predicted molar refractivity (Wildman–Crippen MR) is 107 cm³/mol. The molecule has 5 heteroatoms. The molecule has 0 saturated carbocycles. The number of pyridine rings is 1. The molecule has 2 aromatic heterocycles. The van der Waals surface area contributed by atoms with E-state index in [1.165, 1.54) is 5.56 Å². The van der Waals surface area contributed by atoms with Gasteiger partial charge >= 0.3 is 0 Å². The molecule has 0 aliphatic carbocycles. The van der Waals surface area contributed by atoms with E-state index < -0.39 is 0 Å². The van der Waals surface area contributed by atoms with Crippen LogP contribution in [0.5, 0.6) is 0 Å². The van der Waals surface area contributed by atoms with Crippen LogP contribution in [-0.2, 0) is 6.42 Å². The largest absolute Gasteiger partial charge is 0.384 e. The monoisotopic (exact) mass is 360 g/mol. The summed E-state index contributed by atoms with van der Waals surface area (Å²) >= 11 is 0. The minimum absolute atomic E-state index is 0.0395. The molecular weight excluding hydrogens is 336 g/mol. The van der Waals surface area contributed by atoms with Crippen molar-refractivity contribution < 1.29 is 4.79 Å². The molecule has 0 amide bonds. The third kappa shape index (κ3) is 5.71. The van der Waals surface area contributed by atoms with E-state index in [-0.39, 0.29) is 5.78 Å². The van der Waals surface area contributed by atoms with Gasteiger partial charge in [0.1, 0.15) is 17.2 Å².